The fraction of sp³-hybridized carbons (Fsp3) is 0.267. The summed E-state index contributed by atoms with van der Waals surface area (Å²) in [5.74, 6) is 0.0645. The van der Waals surface area contributed by atoms with Crippen molar-refractivity contribution in [2.75, 3.05) is 11.9 Å². The lowest BCUT2D eigenvalue weighted by Gasteiger charge is -2.07. The minimum absolute atomic E-state index is 0.0376. The number of amides is 2. The Balaban J connectivity index is 1.61. The Labute approximate surface area is 127 Å². The highest BCUT2D eigenvalue weighted by molar-refractivity contribution is 5.89. The highest BCUT2D eigenvalue weighted by Gasteiger charge is 2.07. The highest BCUT2D eigenvalue weighted by Crippen LogP contribution is 2.05. The van der Waals surface area contributed by atoms with Gasteiger partial charge in [0, 0.05) is 18.3 Å². The van der Waals surface area contributed by atoms with E-state index >= 15 is 0 Å². The number of ether oxygens (including phenoxy) is 1. The molecule has 0 aliphatic rings. The molecule has 0 unspecified atom stereocenters. The Morgan fingerprint density at radius 1 is 1.27 bits per heavy atom. The average Bonchev–Trinajstić information content (AvgIpc) is 2.92. The standard InChI is InChI=1S/C15H17N3O4/c1-11-9-13(22-18-11)10-21-14(19)7-8-16-15(20)17-12-5-3-2-4-6-12/h2-6,9H,7-8,10H2,1H3,(H2,16,17,20). The van der Waals surface area contributed by atoms with E-state index in [9.17, 15) is 9.59 Å². The molecular formula is C15H17N3O4. The van der Waals surface area contributed by atoms with E-state index in [1.54, 1.807) is 25.1 Å². The second-order valence-electron chi connectivity index (χ2n) is 4.59. The van der Waals surface area contributed by atoms with E-state index in [2.05, 4.69) is 15.8 Å². The van der Waals surface area contributed by atoms with Crippen LogP contribution in [-0.4, -0.2) is 23.7 Å². The maximum absolute atomic E-state index is 11.6. The zero-order chi connectivity index (χ0) is 15.8. The predicted molar refractivity (Wildman–Crippen MR) is 79.1 cm³/mol. The zero-order valence-corrected chi connectivity index (χ0v) is 12.2. The van der Waals surface area contributed by atoms with Crippen LogP contribution in [0.1, 0.15) is 17.9 Å². The molecule has 0 saturated carbocycles. The van der Waals surface area contributed by atoms with Gasteiger partial charge in [-0.25, -0.2) is 4.79 Å². The molecular weight excluding hydrogens is 286 g/mol. The van der Waals surface area contributed by atoms with Crippen LogP contribution in [0.5, 0.6) is 0 Å². The van der Waals surface area contributed by atoms with Gasteiger partial charge in [0.1, 0.15) is 0 Å². The lowest BCUT2D eigenvalue weighted by atomic mass is 10.3. The number of aryl methyl sites for hydroxylation is 1. The first-order chi connectivity index (χ1) is 10.6. The van der Waals surface area contributed by atoms with Gasteiger partial charge in [0.2, 0.25) is 0 Å². The highest BCUT2D eigenvalue weighted by atomic mass is 16.5. The monoisotopic (exact) mass is 303 g/mol. The first-order valence-corrected chi connectivity index (χ1v) is 6.81. The number of rotatable bonds is 6. The molecule has 0 aliphatic heterocycles. The molecule has 0 fully saturated rings. The summed E-state index contributed by atoms with van der Waals surface area (Å²) in [6.45, 7) is 2.01. The van der Waals surface area contributed by atoms with Crippen molar-refractivity contribution in [2.45, 2.75) is 20.0 Å². The number of urea groups is 1. The van der Waals surface area contributed by atoms with Crippen LogP contribution >= 0.6 is 0 Å². The lowest BCUT2D eigenvalue weighted by molar-refractivity contribution is -0.145. The Morgan fingerprint density at radius 2 is 2.05 bits per heavy atom. The van der Waals surface area contributed by atoms with Crippen molar-refractivity contribution in [1.29, 1.82) is 0 Å². The van der Waals surface area contributed by atoms with Gasteiger partial charge in [-0.15, -0.1) is 0 Å². The Bertz CT molecular complexity index is 625. The molecule has 1 aromatic heterocycles. The summed E-state index contributed by atoms with van der Waals surface area (Å²) in [7, 11) is 0. The zero-order valence-electron chi connectivity index (χ0n) is 12.2. The molecule has 0 bridgehead atoms. The lowest BCUT2D eigenvalue weighted by Crippen LogP contribution is -2.30. The van der Waals surface area contributed by atoms with Crippen molar-refractivity contribution >= 4 is 17.7 Å². The summed E-state index contributed by atoms with van der Waals surface area (Å²) in [6, 6.07) is 10.4. The molecule has 2 amide bonds. The number of anilines is 1. The summed E-state index contributed by atoms with van der Waals surface area (Å²) < 4.78 is 9.91. The van der Waals surface area contributed by atoms with E-state index in [-0.39, 0.29) is 25.6 Å². The molecule has 0 aliphatic carbocycles. The molecule has 2 rings (SSSR count). The number of hydrogen-bond donors (Lipinski definition) is 2. The molecule has 116 valence electrons. The molecule has 2 aromatic rings. The van der Waals surface area contributed by atoms with Crippen molar-refractivity contribution < 1.29 is 18.8 Å². The molecule has 2 N–H and O–H groups in total. The third-order valence-corrected chi connectivity index (χ3v) is 2.70. The smallest absolute Gasteiger partial charge is 0.319 e. The largest absolute Gasteiger partial charge is 0.457 e. The first kappa shape index (κ1) is 15.6. The minimum Gasteiger partial charge on any atom is -0.457 e. The topological polar surface area (TPSA) is 93.5 Å². The van der Waals surface area contributed by atoms with Crippen LogP contribution in [0.3, 0.4) is 0 Å². The predicted octanol–water partition coefficient (Wildman–Crippen LogP) is 2.24. The Morgan fingerprint density at radius 3 is 2.73 bits per heavy atom. The van der Waals surface area contributed by atoms with Crippen molar-refractivity contribution in [2.24, 2.45) is 0 Å². The van der Waals surface area contributed by atoms with Crippen LogP contribution in [0.2, 0.25) is 0 Å². The van der Waals surface area contributed by atoms with Gasteiger partial charge in [0.05, 0.1) is 12.1 Å². The molecule has 0 spiro atoms. The summed E-state index contributed by atoms with van der Waals surface area (Å²) in [5.41, 5.74) is 1.41. The number of nitrogens with one attached hydrogen (secondary N) is 2. The van der Waals surface area contributed by atoms with E-state index in [0.717, 1.165) is 5.69 Å². The summed E-state index contributed by atoms with van der Waals surface area (Å²) in [6.07, 6.45) is 0.0787. The van der Waals surface area contributed by atoms with Crippen molar-refractivity contribution in [3.63, 3.8) is 0 Å². The normalized spacial score (nSPS) is 10.0. The molecule has 1 aromatic carbocycles. The van der Waals surface area contributed by atoms with Crippen molar-refractivity contribution in [3.8, 4) is 0 Å². The average molecular weight is 303 g/mol. The van der Waals surface area contributed by atoms with Gasteiger partial charge in [-0.05, 0) is 19.1 Å². The van der Waals surface area contributed by atoms with E-state index in [0.29, 0.717) is 11.4 Å². The SMILES string of the molecule is Cc1cc(COC(=O)CCNC(=O)Nc2ccccc2)on1. The number of carbonyl (C=O) groups excluding carboxylic acids is 2. The van der Waals surface area contributed by atoms with E-state index in [4.69, 9.17) is 9.26 Å². The Kier molecular flexibility index (Phi) is 5.53. The van der Waals surface area contributed by atoms with Crippen molar-refractivity contribution in [3.05, 3.63) is 47.9 Å². The number of aromatic nitrogens is 1. The van der Waals surface area contributed by atoms with E-state index < -0.39 is 5.97 Å². The molecule has 7 heteroatoms. The number of benzene rings is 1. The quantitative estimate of drug-likeness (QED) is 0.798. The maximum Gasteiger partial charge on any atom is 0.319 e. The summed E-state index contributed by atoms with van der Waals surface area (Å²) in [5, 5.41) is 8.92. The molecule has 0 radical (unpaired) electrons. The van der Waals surface area contributed by atoms with E-state index in [1.165, 1.54) is 0 Å². The van der Waals surface area contributed by atoms with Gasteiger partial charge in [0.15, 0.2) is 12.4 Å². The third-order valence-electron chi connectivity index (χ3n) is 2.70. The van der Waals surface area contributed by atoms with Crippen molar-refractivity contribution in [1.82, 2.24) is 10.5 Å². The maximum atomic E-state index is 11.6. The van der Waals surface area contributed by atoms with Crippen LogP contribution in [0.25, 0.3) is 0 Å². The fourth-order valence-corrected chi connectivity index (χ4v) is 1.68. The van der Waals surface area contributed by atoms with Gasteiger partial charge in [-0.1, -0.05) is 23.4 Å². The molecule has 1 heterocycles. The third kappa shape index (κ3) is 5.28. The molecule has 22 heavy (non-hydrogen) atoms. The van der Waals surface area contributed by atoms with Gasteiger partial charge in [-0.2, -0.15) is 0 Å². The molecule has 7 nitrogen and oxygen atoms in total. The summed E-state index contributed by atoms with van der Waals surface area (Å²) >= 11 is 0. The summed E-state index contributed by atoms with van der Waals surface area (Å²) in [4.78, 5) is 23.1. The van der Waals surface area contributed by atoms with Gasteiger partial charge in [-0.3, -0.25) is 4.79 Å². The fourth-order valence-electron chi connectivity index (χ4n) is 1.68. The van der Waals surface area contributed by atoms with Crippen LogP contribution in [0, 0.1) is 6.92 Å². The van der Waals surface area contributed by atoms with Gasteiger partial charge in [0.25, 0.3) is 0 Å². The van der Waals surface area contributed by atoms with Crippen LogP contribution in [-0.2, 0) is 16.1 Å². The molecule has 0 saturated heterocycles. The van der Waals surface area contributed by atoms with Crippen LogP contribution in [0.4, 0.5) is 10.5 Å². The van der Waals surface area contributed by atoms with Gasteiger partial charge < -0.3 is 19.9 Å². The molecule has 0 atom stereocenters. The second-order valence-corrected chi connectivity index (χ2v) is 4.59. The number of para-hydroxylation sites is 1. The number of nitrogens with zero attached hydrogens (tertiary/aromatic N) is 1. The van der Waals surface area contributed by atoms with Crippen LogP contribution < -0.4 is 10.6 Å². The van der Waals surface area contributed by atoms with Crippen LogP contribution in [0.15, 0.2) is 40.9 Å². The minimum atomic E-state index is -0.422. The number of hydrogen-bond acceptors (Lipinski definition) is 5. The van der Waals surface area contributed by atoms with Gasteiger partial charge >= 0.3 is 12.0 Å². The number of esters is 1. The number of carbonyl (C=O) groups is 2. The second kappa shape index (κ2) is 7.82. The Hall–Kier alpha value is -2.83. The van der Waals surface area contributed by atoms with E-state index in [1.807, 2.05) is 18.2 Å². The first-order valence-electron chi connectivity index (χ1n) is 6.81.